The molecule has 0 aliphatic heterocycles. The van der Waals surface area contributed by atoms with Gasteiger partial charge in [-0.2, -0.15) is 5.10 Å². The first-order valence-electron chi connectivity index (χ1n) is 4.54. The number of esters is 1. The van der Waals surface area contributed by atoms with E-state index in [1.165, 1.54) is 18.3 Å². The number of likely N-dealkylation sites (N-methyl/N-ethyl adjacent to an activating group) is 1. The molecule has 88 valence electrons. The molecule has 2 N–H and O–H groups in total. The van der Waals surface area contributed by atoms with Gasteiger partial charge in [-0.05, 0) is 0 Å². The summed E-state index contributed by atoms with van der Waals surface area (Å²) in [6.45, 7) is 0.327. The summed E-state index contributed by atoms with van der Waals surface area (Å²) in [6.07, 6.45) is 1.31. The molecule has 0 aliphatic rings. The van der Waals surface area contributed by atoms with Crippen LogP contribution in [0.5, 0.6) is 0 Å². The Morgan fingerprint density at radius 3 is 3.12 bits per heavy atom. The summed E-state index contributed by atoms with van der Waals surface area (Å²) in [5.41, 5.74) is 0.212. The molecule has 0 fully saturated rings. The zero-order valence-electron chi connectivity index (χ0n) is 9.04. The highest BCUT2D eigenvalue weighted by Gasteiger charge is 2.13. The van der Waals surface area contributed by atoms with Crippen molar-refractivity contribution in [3.05, 3.63) is 11.8 Å². The molecule has 1 aromatic heterocycles. The number of ether oxygens (including phenoxy) is 1. The van der Waals surface area contributed by atoms with Crippen LogP contribution in [0.4, 0.5) is 5.82 Å². The number of aromatic nitrogens is 2. The van der Waals surface area contributed by atoms with Crippen molar-refractivity contribution in [2.75, 3.05) is 27.3 Å². The minimum atomic E-state index is -0.535. The summed E-state index contributed by atoms with van der Waals surface area (Å²) >= 11 is 0. The molecule has 0 aromatic carbocycles. The Kier molecular flexibility index (Phi) is 4.40. The van der Waals surface area contributed by atoms with Crippen LogP contribution >= 0.6 is 0 Å². The van der Waals surface area contributed by atoms with Crippen molar-refractivity contribution >= 4 is 11.8 Å². The lowest BCUT2D eigenvalue weighted by Gasteiger charge is -2.07. The van der Waals surface area contributed by atoms with Crippen molar-refractivity contribution in [2.24, 2.45) is 10.3 Å². The monoisotopic (exact) mass is 227 g/mol. The van der Waals surface area contributed by atoms with Gasteiger partial charge in [0.15, 0.2) is 5.82 Å². The van der Waals surface area contributed by atoms with Crippen LogP contribution in [0, 0.1) is 0 Å². The minimum Gasteiger partial charge on any atom is -0.465 e. The number of carbonyl (C=O) groups excluding carboxylic acids is 1. The molecule has 0 aliphatic carbocycles. The standard InChI is InChI=1S/C8H13N5O3/c1-13(3-4-14)12-11-7-6(5-9-10-7)8(15)16-2/h5,14H,3-4H2,1-2H3,(H,9,10). The lowest BCUT2D eigenvalue weighted by molar-refractivity contribution is 0.0601. The smallest absolute Gasteiger partial charge is 0.343 e. The van der Waals surface area contributed by atoms with Crippen LogP contribution in [0.2, 0.25) is 0 Å². The van der Waals surface area contributed by atoms with E-state index in [2.05, 4.69) is 25.3 Å². The lowest BCUT2D eigenvalue weighted by atomic mass is 10.3. The van der Waals surface area contributed by atoms with Gasteiger partial charge in [0.2, 0.25) is 0 Å². The first-order chi connectivity index (χ1) is 7.69. The predicted octanol–water partition coefficient (Wildman–Crippen LogP) is 0.119. The lowest BCUT2D eigenvalue weighted by Crippen LogP contribution is -2.14. The molecule has 0 radical (unpaired) electrons. The Morgan fingerprint density at radius 2 is 2.50 bits per heavy atom. The van der Waals surface area contributed by atoms with E-state index in [-0.39, 0.29) is 18.0 Å². The van der Waals surface area contributed by atoms with Crippen LogP contribution in [0.1, 0.15) is 10.4 Å². The SMILES string of the molecule is COC(=O)c1cn[nH]c1N=NN(C)CCO. The Balaban J connectivity index is 2.74. The maximum atomic E-state index is 11.2. The number of rotatable bonds is 5. The molecule has 8 heteroatoms. The van der Waals surface area contributed by atoms with Crippen LogP contribution < -0.4 is 0 Å². The average molecular weight is 227 g/mol. The number of aliphatic hydroxyl groups is 1. The molecular formula is C8H13N5O3. The quantitative estimate of drug-likeness (QED) is 0.422. The van der Waals surface area contributed by atoms with Crippen molar-refractivity contribution in [3.8, 4) is 0 Å². The van der Waals surface area contributed by atoms with Crippen LogP contribution in [0.15, 0.2) is 16.5 Å². The second-order valence-corrected chi connectivity index (χ2v) is 2.92. The minimum absolute atomic E-state index is 0.0254. The molecule has 0 bridgehead atoms. The number of aromatic amines is 1. The molecule has 0 atom stereocenters. The number of nitrogens with zero attached hydrogens (tertiary/aromatic N) is 4. The number of carbonyl (C=O) groups is 1. The van der Waals surface area contributed by atoms with Gasteiger partial charge in [-0.3, -0.25) is 10.1 Å². The molecule has 0 saturated carbocycles. The number of aliphatic hydroxyl groups excluding tert-OH is 1. The van der Waals surface area contributed by atoms with E-state index in [9.17, 15) is 4.79 Å². The zero-order valence-corrected chi connectivity index (χ0v) is 9.04. The van der Waals surface area contributed by atoms with Crippen molar-refractivity contribution in [1.82, 2.24) is 15.2 Å². The van der Waals surface area contributed by atoms with Gasteiger partial charge in [-0.15, -0.1) is 5.11 Å². The van der Waals surface area contributed by atoms with Gasteiger partial charge in [0.1, 0.15) is 5.56 Å². The van der Waals surface area contributed by atoms with E-state index in [0.29, 0.717) is 6.54 Å². The highest BCUT2D eigenvalue weighted by Crippen LogP contribution is 2.16. The Labute approximate surface area is 91.9 Å². The average Bonchev–Trinajstić information content (AvgIpc) is 2.74. The second-order valence-electron chi connectivity index (χ2n) is 2.92. The third-order valence-electron chi connectivity index (χ3n) is 1.75. The van der Waals surface area contributed by atoms with Gasteiger partial charge in [0.25, 0.3) is 0 Å². The van der Waals surface area contributed by atoms with Crippen LogP contribution in [0.25, 0.3) is 0 Å². The van der Waals surface area contributed by atoms with Gasteiger partial charge < -0.3 is 9.84 Å². The van der Waals surface area contributed by atoms with Crippen molar-refractivity contribution < 1.29 is 14.6 Å². The molecule has 1 heterocycles. The maximum absolute atomic E-state index is 11.2. The molecule has 16 heavy (non-hydrogen) atoms. The molecule has 1 rings (SSSR count). The van der Waals surface area contributed by atoms with Crippen LogP contribution in [-0.4, -0.2) is 53.6 Å². The first-order valence-corrected chi connectivity index (χ1v) is 4.54. The van der Waals surface area contributed by atoms with Crippen molar-refractivity contribution in [1.29, 1.82) is 0 Å². The first kappa shape index (κ1) is 12.1. The number of hydrogen-bond acceptors (Lipinski definition) is 6. The number of nitrogens with one attached hydrogen (secondary N) is 1. The summed E-state index contributed by atoms with van der Waals surface area (Å²) in [6, 6.07) is 0. The van der Waals surface area contributed by atoms with E-state index in [4.69, 9.17) is 5.11 Å². The van der Waals surface area contributed by atoms with Gasteiger partial charge >= 0.3 is 5.97 Å². The fourth-order valence-corrected chi connectivity index (χ4v) is 0.925. The van der Waals surface area contributed by atoms with E-state index in [1.54, 1.807) is 7.05 Å². The largest absolute Gasteiger partial charge is 0.465 e. The molecule has 0 amide bonds. The van der Waals surface area contributed by atoms with Crippen LogP contribution in [0.3, 0.4) is 0 Å². The fraction of sp³-hybridized carbons (Fsp3) is 0.500. The Hall–Kier alpha value is -1.96. The van der Waals surface area contributed by atoms with E-state index in [1.807, 2.05) is 0 Å². The van der Waals surface area contributed by atoms with Gasteiger partial charge in [-0.25, -0.2) is 4.79 Å². The summed E-state index contributed by atoms with van der Waals surface area (Å²) in [7, 11) is 2.92. The highest BCUT2D eigenvalue weighted by molar-refractivity contribution is 5.93. The maximum Gasteiger partial charge on any atom is 0.343 e. The normalized spacial score (nSPS) is 10.7. The molecule has 1 aromatic rings. The molecule has 8 nitrogen and oxygen atoms in total. The van der Waals surface area contributed by atoms with E-state index < -0.39 is 5.97 Å². The summed E-state index contributed by atoms with van der Waals surface area (Å²) in [5.74, 6) is -0.316. The molecular weight excluding hydrogens is 214 g/mol. The second kappa shape index (κ2) is 5.81. The fourth-order valence-electron chi connectivity index (χ4n) is 0.925. The number of H-pyrrole nitrogens is 1. The Morgan fingerprint density at radius 1 is 1.75 bits per heavy atom. The van der Waals surface area contributed by atoms with Gasteiger partial charge in [-0.1, -0.05) is 5.22 Å². The third kappa shape index (κ3) is 3.02. The summed E-state index contributed by atoms with van der Waals surface area (Å²) in [5, 5.41) is 23.8. The number of methoxy groups -OCH3 is 1. The van der Waals surface area contributed by atoms with Gasteiger partial charge in [0, 0.05) is 7.05 Å². The summed E-state index contributed by atoms with van der Waals surface area (Å²) in [4.78, 5) is 11.2. The zero-order chi connectivity index (χ0) is 12.0. The highest BCUT2D eigenvalue weighted by atomic mass is 16.5. The molecule has 0 saturated heterocycles. The molecule has 0 spiro atoms. The Bertz CT molecular complexity index is 376. The van der Waals surface area contributed by atoms with Crippen molar-refractivity contribution in [3.63, 3.8) is 0 Å². The van der Waals surface area contributed by atoms with Crippen molar-refractivity contribution in [2.45, 2.75) is 0 Å². The topological polar surface area (TPSA) is 103 Å². The van der Waals surface area contributed by atoms with E-state index >= 15 is 0 Å². The van der Waals surface area contributed by atoms with E-state index in [0.717, 1.165) is 0 Å². The molecule has 0 unspecified atom stereocenters. The third-order valence-corrected chi connectivity index (χ3v) is 1.75. The van der Waals surface area contributed by atoms with Gasteiger partial charge in [0.05, 0.1) is 26.5 Å². The number of hydrogen-bond donors (Lipinski definition) is 2. The predicted molar refractivity (Wildman–Crippen MR) is 54.2 cm³/mol. The van der Waals surface area contributed by atoms with Crippen LogP contribution in [-0.2, 0) is 4.74 Å². The summed E-state index contributed by atoms with van der Waals surface area (Å²) < 4.78 is 4.54.